The van der Waals surface area contributed by atoms with E-state index in [0.29, 0.717) is 0 Å². The van der Waals surface area contributed by atoms with Gasteiger partial charge in [0.1, 0.15) is 11.5 Å². The Balaban J connectivity index is 1.94. The largest absolute Gasteiger partial charge is 0.466 e. The molecule has 2 N–H and O–H groups in total. The first kappa shape index (κ1) is 15.6. The smallest absolute Gasteiger partial charge is 0.315 e. The zero-order valence-corrected chi connectivity index (χ0v) is 13.8. The predicted octanol–water partition coefficient (Wildman–Crippen LogP) is 3.78. The van der Waals surface area contributed by atoms with Gasteiger partial charge in [-0.25, -0.2) is 9.78 Å². The van der Waals surface area contributed by atoms with E-state index < -0.39 is 0 Å². The van der Waals surface area contributed by atoms with Crippen molar-refractivity contribution in [2.75, 3.05) is 0 Å². The Labute approximate surface area is 128 Å². The molecule has 6 heteroatoms. The summed E-state index contributed by atoms with van der Waals surface area (Å²) in [5.74, 6) is 1.69. The van der Waals surface area contributed by atoms with Crippen molar-refractivity contribution in [1.82, 2.24) is 15.6 Å². The Morgan fingerprint density at radius 1 is 1.24 bits per heavy atom. The molecular weight excluding hydrogens is 286 g/mol. The van der Waals surface area contributed by atoms with Crippen molar-refractivity contribution in [3.8, 4) is 0 Å². The first-order valence-corrected chi connectivity index (χ1v) is 7.80. The number of urea groups is 1. The summed E-state index contributed by atoms with van der Waals surface area (Å²) in [6, 6.07) is 1.52. The van der Waals surface area contributed by atoms with Gasteiger partial charge in [-0.05, 0) is 40.7 Å². The lowest BCUT2D eigenvalue weighted by Crippen LogP contribution is -2.38. The lowest BCUT2D eigenvalue weighted by Gasteiger charge is -2.17. The number of aryl methyl sites for hydroxylation is 3. The maximum absolute atomic E-state index is 12.1. The van der Waals surface area contributed by atoms with Gasteiger partial charge >= 0.3 is 6.03 Å². The summed E-state index contributed by atoms with van der Waals surface area (Å²) in [4.78, 5) is 16.4. The zero-order valence-electron chi connectivity index (χ0n) is 13.0. The van der Waals surface area contributed by atoms with Crippen molar-refractivity contribution in [3.05, 3.63) is 39.2 Å². The number of amides is 2. The SMILES string of the molecule is Cc1cc([C@H](C)NC(=O)N[C@@H](C)c2csc(C)n2)c(C)o1. The molecule has 0 saturated carbocycles. The van der Waals surface area contributed by atoms with Crippen LogP contribution < -0.4 is 10.6 Å². The van der Waals surface area contributed by atoms with Gasteiger partial charge in [0.05, 0.1) is 22.8 Å². The van der Waals surface area contributed by atoms with Crippen molar-refractivity contribution in [2.24, 2.45) is 0 Å². The summed E-state index contributed by atoms with van der Waals surface area (Å²) >= 11 is 1.58. The fourth-order valence-corrected chi connectivity index (χ4v) is 2.95. The van der Waals surface area contributed by atoms with E-state index in [1.165, 1.54) is 0 Å². The summed E-state index contributed by atoms with van der Waals surface area (Å²) in [6.07, 6.45) is 0. The molecule has 0 radical (unpaired) electrons. The molecule has 0 aromatic carbocycles. The molecule has 0 aliphatic rings. The minimum Gasteiger partial charge on any atom is -0.466 e. The highest BCUT2D eigenvalue weighted by Gasteiger charge is 2.17. The number of furan rings is 1. The third-order valence-corrected chi connectivity index (χ3v) is 4.11. The number of nitrogens with zero attached hydrogens (tertiary/aromatic N) is 1. The molecule has 0 bridgehead atoms. The van der Waals surface area contributed by atoms with Gasteiger partial charge in [0.25, 0.3) is 0 Å². The van der Waals surface area contributed by atoms with E-state index in [2.05, 4.69) is 15.6 Å². The van der Waals surface area contributed by atoms with Crippen LogP contribution in [0.1, 0.15) is 53.7 Å². The zero-order chi connectivity index (χ0) is 15.6. The van der Waals surface area contributed by atoms with Crippen molar-refractivity contribution < 1.29 is 9.21 Å². The Bertz CT molecular complexity index is 633. The summed E-state index contributed by atoms with van der Waals surface area (Å²) in [5, 5.41) is 8.79. The van der Waals surface area contributed by atoms with E-state index in [1.54, 1.807) is 11.3 Å². The van der Waals surface area contributed by atoms with Crippen LogP contribution >= 0.6 is 11.3 Å². The molecule has 0 fully saturated rings. The van der Waals surface area contributed by atoms with Gasteiger partial charge < -0.3 is 15.1 Å². The molecular formula is C15H21N3O2S. The van der Waals surface area contributed by atoms with E-state index >= 15 is 0 Å². The average molecular weight is 307 g/mol. The number of thiazole rings is 1. The molecule has 2 aromatic rings. The van der Waals surface area contributed by atoms with Crippen LogP contribution in [0.4, 0.5) is 4.79 Å². The topological polar surface area (TPSA) is 67.2 Å². The normalized spacial score (nSPS) is 13.8. The molecule has 5 nitrogen and oxygen atoms in total. The monoisotopic (exact) mass is 307 g/mol. The van der Waals surface area contributed by atoms with Crippen LogP contribution in [0.3, 0.4) is 0 Å². The minimum atomic E-state index is -0.209. The van der Waals surface area contributed by atoms with Crippen LogP contribution in [-0.4, -0.2) is 11.0 Å². The van der Waals surface area contributed by atoms with E-state index in [1.807, 2.05) is 46.1 Å². The first-order chi connectivity index (χ1) is 9.86. The quantitative estimate of drug-likeness (QED) is 0.903. The molecule has 0 unspecified atom stereocenters. The van der Waals surface area contributed by atoms with Gasteiger partial charge in [0.15, 0.2) is 0 Å². The fourth-order valence-electron chi connectivity index (χ4n) is 2.25. The summed E-state index contributed by atoms with van der Waals surface area (Å²) < 4.78 is 5.49. The molecule has 0 saturated heterocycles. The van der Waals surface area contributed by atoms with Gasteiger partial charge in [-0.3, -0.25) is 0 Å². The van der Waals surface area contributed by atoms with Gasteiger partial charge in [-0.1, -0.05) is 0 Å². The maximum atomic E-state index is 12.1. The molecule has 2 atom stereocenters. The lowest BCUT2D eigenvalue weighted by atomic mass is 10.1. The number of carbonyl (C=O) groups is 1. The highest BCUT2D eigenvalue weighted by molar-refractivity contribution is 7.09. The molecule has 0 aliphatic heterocycles. The molecule has 2 amide bonds. The highest BCUT2D eigenvalue weighted by atomic mass is 32.1. The maximum Gasteiger partial charge on any atom is 0.315 e. The number of carbonyl (C=O) groups excluding carboxylic acids is 1. The Kier molecular flexibility index (Phi) is 4.67. The standard InChI is InChI=1S/C15H21N3O2S/c1-8-6-13(11(4)20-8)9(2)16-15(19)17-10(3)14-7-21-12(5)18-14/h6-7,9-10H,1-5H3,(H2,16,17,19)/t9-,10-/m0/s1. The van der Waals surface area contributed by atoms with Gasteiger partial charge in [-0.15, -0.1) is 11.3 Å². The Morgan fingerprint density at radius 2 is 1.90 bits per heavy atom. The van der Waals surface area contributed by atoms with Crippen molar-refractivity contribution >= 4 is 17.4 Å². The average Bonchev–Trinajstić information content (AvgIpc) is 2.95. The minimum absolute atomic E-state index is 0.105. The fraction of sp³-hybridized carbons (Fsp3) is 0.467. The third kappa shape index (κ3) is 3.85. The van der Waals surface area contributed by atoms with Crippen LogP contribution in [0, 0.1) is 20.8 Å². The molecule has 2 heterocycles. The van der Waals surface area contributed by atoms with Crippen molar-refractivity contribution in [3.63, 3.8) is 0 Å². The van der Waals surface area contributed by atoms with Crippen LogP contribution in [0.2, 0.25) is 0 Å². The molecule has 0 aliphatic carbocycles. The Morgan fingerprint density at radius 3 is 2.43 bits per heavy atom. The second-order valence-electron chi connectivity index (χ2n) is 5.22. The summed E-state index contributed by atoms with van der Waals surface area (Å²) in [5.41, 5.74) is 1.88. The molecule has 2 aromatic heterocycles. The van der Waals surface area contributed by atoms with Gasteiger partial charge in [-0.2, -0.15) is 0 Å². The lowest BCUT2D eigenvalue weighted by molar-refractivity contribution is 0.234. The van der Waals surface area contributed by atoms with Crippen molar-refractivity contribution in [1.29, 1.82) is 0 Å². The number of nitrogens with one attached hydrogen (secondary N) is 2. The number of hydrogen-bond acceptors (Lipinski definition) is 4. The Hall–Kier alpha value is -1.82. The van der Waals surface area contributed by atoms with E-state index in [0.717, 1.165) is 27.8 Å². The molecule has 0 spiro atoms. The third-order valence-electron chi connectivity index (χ3n) is 3.32. The first-order valence-electron chi connectivity index (χ1n) is 6.92. The predicted molar refractivity (Wildman–Crippen MR) is 83.5 cm³/mol. The number of hydrogen-bond donors (Lipinski definition) is 2. The molecule has 21 heavy (non-hydrogen) atoms. The summed E-state index contributed by atoms with van der Waals surface area (Å²) in [7, 11) is 0. The summed E-state index contributed by atoms with van der Waals surface area (Å²) in [6.45, 7) is 9.61. The molecule has 114 valence electrons. The molecule has 2 rings (SSSR count). The second-order valence-corrected chi connectivity index (χ2v) is 6.28. The van der Waals surface area contributed by atoms with Crippen LogP contribution in [0.15, 0.2) is 15.9 Å². The van der Waals surface area contributed by atoms with Crippen LogP contribution in [-0.2, 0) is 0 Å². The van der Waals surface area contributed by atoms with E-state index in [-0.39, 0.29) is 18.1 Å². The van der Waals surface area contributed by atoms with Crippen LogP contribution in [0.25, 0.3) is 0 Å². The van der Waals surface area contributed by atoms with Crippen molar-refractivity contribution in [2.45, 2.75) is 46.7 Å². The van der Waals surface area contributed by atoms with Gasteiger partial charge in [0, 0.05) is 10.9 Å². The van der Waals surface area contributed by atoms with Gasteiger partial charge in [0.2, 0.25) is 0 Å². The second kappa shape index (κ2) is 6.30. The number of rotatable bonds is 4. The highest BCUT2D eigenvalue weighted by Crippen LogP contribution is 2.21. The van der Waals surface area contributed by atoms with E-state index in [9.17, 15) is 4.79 Å². The van der Waals surface area contributed by atoms with E-state index in [4.69, 9.17) is 4.42 Å². The van der Waals surface area contributed by atoms with Crippen LogP contribution in [0.5, 0.6) is 0 Å². The number of aromatic nitrogens is 1.